The standard InChI is InChI=1S/C23H29N3O5S2/c1-32(28,29)21-7-8-22-18(17-21)9-14-26(22)23(27)24-19-10-12-25(13-11-19)15-16-33(30,31)20-5-3-2-4-6-20/h2-8,17,19H,9-16H2,1H3,(H,24,27). The van der Waals surface area contributed by atoms with Crippen LogP contribution in [0.15, 0.2) is 58.3 Å². The lowest BCUT2D eigenvalue weighted by Gasteiger charge is -2.33. The van der Waals surface area contributed by atoms with E-state index in [1.165, 1.54) is 6.26 Å². The highest BCUT2D eigenvalue weighted by molar-refractivity contribution is 7.91. The molecule has 0 saturated carbocycles. The lowest BCUT2D eigenvalue weighted by molar-refractivity contribution is 0.201. The molecule has 0 spiro atoms. The maximum atomic E-state index is 12.9. The van der Waals surface area contributed by atoms with Crippen LogP contribution in [0.5, 0.6) is 0 Å². The molecule has 10 heteroatoms. The van der Waals surface area contributed by atoms with Crippen LogP contribution in [-0.2, 0) is 26.1 Å². The Bertz CT molecular complexity index is 1220. The maximum absolute atomic E-state index is 12.9. The SMILES string of the molecule is CS(=O)(=O)c1ccc2c(c1)CCN2C(=O)NC1CCN(CCS(=O)(=O)c2ccccc2)CC1. The third-order valence-electron chi connectivity index (χ3n) is 6.31. The Morgan fingerprint density at radius 2 is 1.67 bits per heavy atom. The van der Waals surface area contributed by atoms with E-state index in [0.29, 0.717) is 24.4 Å². The Morgan fingerprint density at radius 3 is 2.33 bits per heavy atom. The number of carbonyl (C=O) groups excluding carboxylic acids is 1. The first-order valence-corrected chi connectivity index (χ1v) is 14.6. The number of nitrogens with zero attached hydrogens (tertiary/aromatic N) is 2. The molecule has 2 aliphatic rings. The van der Waals surface area contributed by atoms with Crippen molar-refractivity contribution in [3.8, 4) is 0 Å². The van der Waals surface area contributed by atoms with Crippen LogP contribution in [-0.4, -0.2) is 72.0 Å². The van der Waals surface area contributed by atoms with Crippen molar-refractivity contribution in [3.05, 3.63) is 54.1 Å². The predicted octanol–water partition coefficient (Wildman–Crippen LogP) is 2.10. The van der Waals surface area contributed by atoms with Gasteiger partial charge in [0.1, 0.15) is 0 Å². The number of amides is 2. The van der Waals surface area contributed by atoms with Crippen LogP contribution < -0.4 is 10.2 Å². The maximum Gasteiger partial charge on any atom is 0.322 e. The first-order valence-electron chi connectivity index (χ1n) is 11.0. The van der Waals surface area contributed by atoms with Crippen molar-refractivity contribution in [2.45, 2.75) is 35.1 Å². The van der Waals surface area contributed by atoms with E-state index in [1.54, 1.807) is 53.4 Å². The fourth-order valence-electron chi connectivity index (χ4n) is 4.37. The molecule has 33 heavy (non-hydrogen) atoms. The third-order valence-corrected chi connectivity index (χ3v) is 9.13. The summed E-state index contributed by atoms with van der Waals surface area (Å²) in [7, 11) is -6.58. The molecule has 2 aromatic rings. The second-order valence-corrected chi connectivity index (χ2v) is 12.8. The topological polar surface area (TPSA) is 104 Å². The summed E-state index contributed by atoms with van der Waals surface area (Å²) >= 11 is 0. The van der Waals surface area contributed by atoms with Crippen LogP contribution in [0, 0.1) is 0 Å². The van der Waals surface area contributed by atoms with Gasteiger partial charge < -0.3 is 10.2 Å². The van der Waals surface area contributed by atoms with Gasteiger partial charge in [0, 0.05) is 44.2 Å². The molecule has 0 bridgehead atoms. The number of rotatable bonds is 6. The molecule has 4 rings (SSSR count). The monoisotopic (exact) mass is 491 g/mol. The minimum atomic E-state index is -3.30. The number of anilines is 1. The van der Waals surface area contributed by atoms with Gasteiger partial charge in [0.25, 0.3) is 0 Å². The van der Waals surface area contributed by atoms with Crippen LogP contribution in [0.2, 0.25) is 0 Å². The van der Waals surface area contributed by atoms with Crippen LogP contribution in [0.4, 0.5) is 10.5 Å². The van der Waals surface area contributed by atoms with Gasteiger partial charge in [-0.25, -0.2) is 21.6 Å². The van der Waals surface area contributed by atoms with Crippen molar-refractivity contribution < 1.29 is 21.6 Å². The van der Waals surface area contributed by atoms with Crippen molar-refractivity contribution in [3.63, 3.8) is 0 Å². The molecule has 2 heterocycles. The van der Waals surface area contributed by atoms with E-state index in [9.17, 15) is 21.6 Å². The van der Waals surface area contributed by atoms with Crippen LogP contribution in [0.25, 0.3) is 0 Å². The molecule has 1 N–H and O–H groups in total. The normalized spacial score (nSPS) is 17.7. The molecule has 2 aromatic carbocycles. The number of nitrogens with one attached hydrogen (secondary N) is 1. The number of carbonyl (C=O) groups is 1. The van der Waals surface area contributed by atoms with E-state index in [-0.39, 0.29) is 22.7 Å². The summed E-state index contributed by atoms with van der Waals surface area (Å²) in [5.41, 5.74) is 1.62. The Kier molecular flexibility index (Phi) is 6.78. The van der Waals surface area contributed by atoms with Crippen molar-refractivity contribution in [1.82, 2.24) is 10.2 Å². The van der Waals surface area contributed by atoms with Gasteiger partial charge in [-0.15, -0.1) is 0 Å². The Morgan fingerprint density at radius 1 is 0.970 bits per heavy atom. The molecule has 0 radical (unpaired) electrons. The van der Waals surface area contributed by atoms with Gasteiger partial charge in [-0.1, -0.05) is 18.2 Å². The van der Waals surface area contributed by atoms with E-state index >= 15 is 0 Å². The quantitative estimate of drug-likeness (QED) is 0.664. The van der Waals surface area contributed by atoms with Crippen LogP contribution >= 0.6 is 0 Å². The fourth-order valence-corrected chi connectivity index (χ4v) is 6.35. The summed E-state index contributed by atoms with van der Waals surface area (Å²) in [6.07, 6.45) is 3.31. The number of fused-ring (bicyclic) bond motifs is 1. The van der Waals surface area contributed by atoms with E-state index in [0.717, 1.165) is 37.2 Å². The highest BCUT2D eigenvalue weighted by Gasteiger charge is 2.29. The van der Waals surface area contributed by atoms with E-state index in [2.05, 4.69) is 10.2 Å². The number of sulfone groups is 2. The summed E-state index contributed by atoms with van der Waals surface area (Å²) in [6, 6.07) is 13.2. The second kappa shape index (κ2) is 9.44. The zero-order valence-corrected chi connectivity index (χ0v) is 20.2. The summed E-state index contributed by atoms with van der Waals surface area (Å²) in [4.78, 5) is 17.3. The zero-order valence-electron chi connectivity index (χ0n) is 18.6. The molecule has 0 aliphatic carbocycles. The number of benzene rings is 2. The summed E-state index contributed by atoms with van der Waals surface area (Å²) in [6.45, 7) is 2.44. The van der Waals surface area contributed by atoms with E-state index < -0.39 is 19.7 Å². The average molecular weight is 492 g/mol. The summed E-state index contributed by atoms with van der Waals surface area (Å²) in [5, 5.41) is 3.09. The van der Waals surface area contributed by atoms with Gasteiger partial charge in [0.05, 0.1) is 15.5 Å². The Labute approximate surface area is 195 Å². The van der Waals surface area contributed by atoms with Gasteiger partial charge in [-0.3, -0.25) is 4.90 Å². The molecule has 0 aromatic heterocycles. The van der Waals surface area contributed by atoms with Crippen molar-refractivity contribution in [1.29, 1.82) is 0 Å². The molecular formula is C23H29N3O5S2. The number of hydrogen-bond acceptors (Lipinski definition) is 6. The summed E-state index contributed by atoms with van der Waals surface area (Å²) < 4.78 is 48.5. The highest BCUT2D eigenvalue weighted by atomic mass is 32.2. The fraction of sp³-hybridized carbons (Fsp3) is 0.435. The van der Waals surface area contributed by atoms with Crippen molar-refractivity contribution in [2.24, 2.45) is 0 Å². The van der Waals surface area contributed by atoms with Crippen LogP contribution in [0.3, 0.4) is 0 Å². The minimum Gasteiger partial charge on any atom is -0.335 e. The smallest absolute Gasteiger partial charge is 0.322 e. The van der Waals surface area contributed by atoms with Crippen molar-refractivity contribution >= 4 is 31.4 Å². The van der Waals surface area contributed by atoms with Crippen LogP contribution in [0.1, 0.15) is 18.4 Å². The first-order chi connectivity index (χ1) is 15.6. The van der Waals surface area contributed by atoms with Gasteiger partial charge in [-0.2, -0.15) is 0 Å². The van der Waals surface area contributed by atoms with E-state index in [4.69, 9.17) is 0 Å². The third kappa shape index (κ3) is 5.56. The average Bonchev–Trinajstić information content (AvgIpc) is 3.22. The first kappa shape index (κ1) is 23.7. The number of likely N-dealkylation sites (tertiary alicyclic amines) is 1. The Hall–Kier alpha value is -2.43. The van der Waals surface area contributed by atoms with Gasteiger partial charge in [-0.05, 0) is 55.2 Å². The zero-order chi connectivity index (χ0) is 23.6. The van der Waals surface area contributed by atoms with Crippen molar-refractivity contribution in [2.75, 3.05) is 43.1 Å². The molecule has 0 atom stereocenters. The molecule has 1 fully saturated rings. The predicted molar refractivity (Wildman–Crippen MR) is 127 cm³/mol. The summed E-state index contributed by atoms with van der Waals surface area (Å²) in [5.74, 6) is 0.0774. The van der Waals surface area contributed by atoms with E-state index in [1.807, 2.05) is 0 Å². The largest absolute Gasteiger partial charge is 0.335 e. The lowest BCUT2D eigenvalue weighted by Crippen LogP contribution is -2.49. The van der Waals surface area contributed by atoms with Gasteiger partial charge in [0.2, 0.25) is 0 Å². The molecule has 1 saturated heterocycles. The van der Waals surface area contributed by atoms with Gasteiger partial charge >= 0.3 is 6.03 Å². The molecule has 178 valence electrons. The van der Waals surface area contributed by atoms with Gasteiger partial charge in [0.15, 0.2) is 19.7 Å². The number of hydrogen-bond donors (Lipinski definition) is 1. The number of piperidine rings is 1. The highest BCUT2D eigenvalue weighted by Crippen LogP contribution is 2.30. The second-order valence-electron chi connectivity index (χ2n) is 8.66. The Balaban J connectivity index is 1.27. The molecule has 2 amide bonds. The lowest BCUT2D eigenvalue weighted by atomic mass is 10.1. The molecule has 8 nitrogen and oxygen atoms in total. The molecule has 0 unspecified atom stereocenters. The molecule has 2 aliphatic heterocycles. The minimum absolute atomic E-state index is 0.0267. The number of urea groups is 1. The molecular weight excluding hydrogens is 462 g/mol.